The first kappa shape index (κ1) is 11.4. The van der Waals surface area contributed by atoms with Crippen molar-refractivity contribution in [1.82, 2.24) is 4.57 Å². The minimum absolute atomic E-state index is 0.203. The topological polar surface area (TPSA) is 45.8 Å². The van der Waals surface area contributed by atoms with Crippen LogP contribution in [0.1, 0.15) is 26.3 Å². The maximum absolute atomic E-state index is 11.2. The van der Waals surface area contributed by atoms with Gasteiger partial charge >= 0.3 is 0 Å². The average molecular weight is 178 g/mol. The van der Waals surface area contributed by atoms with Gasteiger partial charge in [-0.05, 0) is 19.1 Å². The number of hydrogen-bond donors (Lipinski definition) is 0. The Balaban J connectivity index is 0.000000671. The maximum atomic E-state index is 11.2. The van der Waals surface area contributed by atoms with Crippen LogP contribution in [0.25, 0.3) is 0 Å². The molecule has 3 heteroatoms. The molecule has 0 aliphatic carbocycles. The van der Waals surface area contributed by atoms with E-state index in [-0.39, 0.29) is 11.1 Å². The van der Waals surface area contributed by atoms with Crippen LogP contribution in [-0.2, 0) is 6.54 Å². The van der Waals surface area contributed by atoms with Crippen molar-refractivity contribution in [1.29, 1.82) is 5.26 Å². The third-order valence-electron chi connectivity index (χ3n) is 1.48. The third kappa shape index (κ3) is 2.75. The predicted octanol–water partition coefficient (Wildman–Crippen LogP) is 1.77. The van der Waals surface area contributed by atoms with Gasteiger partial charge in [0.2, 0.25) is 0 Å². The highest BCUT2D eigenvalue weighted by Crippen LogP contribution is 1.88. The van der Waals surface area contributed by atoms with Gasteiger partial charge in [-0.3, -0.25) is 4.79 Å². The molecule has 0 fully saturated rings. The van der Waals surface area contributed by atoms with Crippen molar-refractivity contribution in [2.45, 2.75) is 27.3 Å². The van der Waals surface area contributed by atoms with Gasteiger partial charge < -0.3 is 4.57 Å². The molecule has 0 aromatic carbocycles. The van der Waals surface area contributed by atoms with Crippen LogP contribution >= 0.6 is 0 Å². The fourth-order valence-corrected chi connectivity index (χ4v) is 0.871. The van der Waals surface area contributed by atoms with Crippen LogP contribution in [0, 0.1) is 11.3 Å². The van der Waals surface area contributed by atoms with Crippen LogP contribution in [0.4, 0.5) is 0 Å². The summed E-state index contributed by atoms with van der Waals surface area (Å²) in [6, 6.07) is 5.06. The maximum Gasteiger partial charge on any atom is 0.268 e. The van der Waals surface area contributed by atoms with Crippen molar-refractivity contribution in [3.05, 3.63) is 34.2 Å². The number of pyridine rings is 1. The molecule has 0 aliphatic heterocycles. The summed E-state index contributed by atoms with van der Waals surface area (Å²) in [6.45, 7) is 6.47. The average Bonchev–Trinajstić information content (AvgIpc) is 2.21. The minimum atomic E-state index is -0.211. The van der Waals surface area contributed by atoms with E-state index in [1.807, 2.05) is 26.8 Å². The molecule has 0 unspecified atom stereocenters. The van der Waals surface area contributed by atoms with Gasteiger partial charge in [0, 0.05) is 12.7 Å². The summed E-state index contributed by atoms with van der Waals surface area (Å²) in [5.74, 6) is 0. The van der Waals surface area contributed by atoms with Gasteiger partial charge in [0.25, 0.3) is 5.56 Å². The smallest absolute Gasteiger partial charge is 0.268 e. The number of nitrogens with zero attached hydrogens (tertiary/aromatic N) is 2. The van der Waals surface area contributed by atoms with Gasteiger partial charge in [-0.1, -0.05) is 13.8 Å². The Hall–Kier alpha value is -1.56. The zero-order chi connectivity index (χ0) is 10.3. The number of aromatic nitrogens is 1. The van der Waals surface area contributed by atoms with Gasteiger partial charge in [-0.2, -0.15) is 5.26 Å². The van der Waals surface area contributed by atoms with E-state index < -0.39 is 0 Å². The molecule has 0 bridgehead atoms. The zero-order valence-corrected chi connectivity index (χ0v) is 8.24. The standard InChI is InChI=1S/C8H8N2O.C2H6/c1-2-10-5-3-4-7(6-9)8(10)11;1-2/h3-5H,2H2,1H3;1-2H3. The first-order valence-electron chi connectivity index (χ1n) is 4.39. The van der Waals surface area contributed by atoms with Crippen molar-refractivity contribution in [2.24, 2.45) is 0 Å². The van der Waals surface area contributed by atoms with Gasteiger partial charge in [-0.15, -0.1) is 0 Å². The van der Waals surface area contributed by atoms with Gasteiger partial charge in [-0.25, -0.2) is 0 Å². The Morgan fingerprint density at radius 2 is 2.15 bits per heavy atom. The summed E-state index contributed by atoms with van der Waals surface area (Å²) in [4.78, 5) is 11.2. The number of aryl methyl sites for hydroxylation is 1. The summed E-state index contributed by atoms with van der Waals surface area (Å²) in [5, 5.41) is 8.48. The second-order valence-electron chi connectivity index (χ2n) is 2.12. The van der Waals surface area contributed by atoms with Crippen molar-refractivity contribution in [3.8, 4) is 6.07 Å². The molecule has 0 amide bonds. The van der Waals surface area contributed by atoms with Crippen LogP contribution in [0.5, 0.6) is 0 Å². The zero-order valence-electron chi connectivity index (χ0n) is 8.24. The summed E-state index contributed by atoms with van der Waals surface area (Å²) >= 11 is 0. The third-order valence-corrected chi connectivity index (χ3v) is 1.48. The predicted molar refractivity (Wildman–Crippen MR) is 52.4 cm³/mol. The molecular weight excluding hydrogens is 164 g/mol. The van der Waals surface area contributed by atoms with Crippen molar-refractivity contribution >= 4 is 0 Å². The van der Waals surface area contributed by atoms with E-state index in [0.717, 1.165) is 0 Å². The van der Waals surface area contributed by atoms with E-state index in [2.05, 4.69) is 0 Å². The highest BCUT2D eigenvalue weighted by atomic mass is 16.1. The van der Waals surface area contributed by atoms with E-state index >= 15 is 0 Å². The Labute approximate surface area is 78.2 Å². The lowest BCUT2D eigenvalue weighted by Crippen LogP contribution is -2.20. The second kappa shape index (κ2) is 6.01. The van der Waals surface area contributed by atoms with Crippen LogP contribution < -0.4 is 5.56 Å². The summed E-state index contributed by atoms with van der Waals surface area (Å²) in [7, 11) is 0. The monoisotopic (exact) mass is 178 g/mol. The Bertz CT molecular complexity index is 347. The van der Waals surface area contributed by atoms with E-state index in [9.17, 15) is 4.79 Å². The van der Waals surface area contributed by atoms with Crippen LogP contribution in [0.15, 0.2) is 23.1 Å². The van der Waals surface area contributed by atoms with Gasteiger partial charge in [0.05, 0.1) is 0 Å². The number of nitriles is 1. The summed E-state index contributed by atoms with van der Waals surface area (Å²) in [6.07, 6.45) is 1.67. The number of hydrogen-bond acceptors (Lipinski definition) is 2. The molecule has 0 atom stereocenters. The lowest BCUT2D eigenvalue weighted by Gasteiger charge is -1.98. The van der Waals surface area contributed by atoms with Crippen LogP contribution in [-0.4, -0.2) is 4.57 Å². The molecule has 0 saturated carbocycles. The van der Waals surface area contributed by atoms with Crippen molar-refractivity contribution in [2.75, 3.05) is 0 Å². The SMILES string of the molecule is CC.CCn1cccc(C#N)c1=O. The lowest BCUT2D eigenvalue weighted by atomic mass is 10.3. The molecule has 0 N–H and O–H groups in total. The fraction of sp³-hybridized carbons (Fsp3) is 0.400. The Kier molecular flexibility index (Phi) is 5.29. The van der Waals surface area contributed by atoms with E-state index in [1.165, 1.54) is 10.6 Å². The Morgan fingerprint density at radius 1 is 1.54 bits per heavy atom. The molecule has 70 valence electrons. The molecule has 0 aliphatic rings. The van der Waals surface area contributed by atoms with Crippen molar-refractivity contribution in [3.63, 3.8) is 0 Å². The molecule has 0 spiro atoms. The second-order valence-corrected chi connectivity index (χ2v) is 2.12. The highest BCUT2D eigenvalue weighted by Gasteiger charge is 1.97. The molecule has 1 rings (SSSR count). The van der Waals surface area contributed by atoms with E-state index in [4.69, 9.17) is 5.26 Å². The normalized spacial score (nSPS) is 8.15. The van der Waals surface area contributed by atoms with Gasteiger partial charge in [0.15, 0.2) is 0 Å². The lowest BCUT2D eigenvalue weighted by molar-refractivity contribution is 0.725. The Morgan fingerprint density at radius 3 is 2.62 bits per heavy atom. The minimum Gasteiger partial charge on any atom is -0.315 e. The van der Waals surface area contributed by atoms with Crippen molar-refractivity contribution < 1.29 is 0 Å². The van der Waals surface area contributed by atoms with E-state index in [0.29, 0.717) is 6.54 Å². The molecule has 3 nitrogen and oxygen atoms in total. The molecule has 1 aromatic heterocycles. The molecule has 1 heterocycles. The summed E-state index contributed by atoms with van der Waals surface area (Å²) < 4.78 is 1.50. The van der Waals surface area contributed by atoms with Crippen LogP contribution in [0.2, 0.25) is 0 Å². The number of rotatable bonds is 1. The van der Waals surface area contributed by atoms with E-state index in [1.54, 1.807) is 12.3 Å². The first-order chi connectivity index (χ1) is 6.29. The highest BCUT2D eigenvalue weighted by molar-refractivity contribution is 5.24. The quantitative estimate of drug-likeness (QED) is 0.657. The summed E-state index contributed by atoms with van der Waals surface area (Å²) in [5.41, 5.74) is -0.00755. The molecule has 13 heavy (non-hydrogen) atoms. The molecule has 0 saturated heterocycles. The molecule has 1 aromatic rings. The molecular formula is C10H14N2O. The van der Waals surface area contributed by atoms with Gasteiger partial charge in [0.1, 0.15) is 11.6 Å². The fourth-order valence-electron chi connectivity index (χ4n) is 0.871. The molecule has 0 radical (unpaired) electrons. The largest absolute Gasteiger partial charge is 0.315 e. The van der Waals surface area contributed by atoms with Crippen LogP contribution in [0.3, 0.4) is 0 Å². The first-order valence-corrected chi connectivity index (χ1v) is 4.39.